The molecule has 2 heterocycles. The lowest BCUT2D eigenvalue weighted by molar-refractivity contribution is -0.120. The molecule has 6 nitrogen and oxygen atoms in total. The Bertz CT molecular complexity index is 428. The number of carbonyl (C=O) groups excluding carboxylic acids is 1. The molecule has 1 aromatic rings. The first-order chi connectivity index (χ1) is 10.2. The van der Waals surface area contributed by atoms with E-state index in [4.69, 9.17) is 0 Å². The van der Waals surface area contributed by atoms with Crippen LogP contribution in [0.25, 0.3) is 0 Å². The van der Waals surface area contributed by atoms with E-state index in [0.29, 0.717) is 6.54 Å². The number of likely N-dealkylation sites (N-methyl/N-ethyl adjacent to an activating group) is 1. The van der Waals surface area contributed by atoms with Gasteiger partial charge in [0, 0.05) is 50.8 Å². The number of hydrogen-bond donors (Lipinski definition) is 1. The first-order valence-electron chi connectivity index (χ1n) is 7.39. The summed E-state index contributed by atoms with van der Waals surface area (Å²) in [5.41, 5.74) is 0. The van der Waals surface area contributed by atoms with Crippen molar-refractivity contribution in [3.63, 3.8) is 0 Å². The van der Waals surface area contributed by atoms with Gasteiger partial charge >= 0.3 is 0 Å². The highest BCUT2D eigenvalue weighted by molar-refractivity contribution is 7.13. The van der Waals surface area contributed by atoms with Gasteiger partial charge in [0.1, 0.15) is 0 Å². The van der Waals surface area contributed by atoms with Crippen molar-refractivity contribution in [2.24, 2.45) is 0 Å². The Morgan fingerprint density at radius 2 is 2.19 bits per heavy atom. The highest BCUT2D eigenvalue weighted by atomic mass is 32.1. The first kappa shape index (κ1) is 16.4. The fourth-order valence-corrected chi connectivity index (χ4v) is 3.20. The summed E-state index contributed by atoms with van der Waals surface area (Å²) in [6, 6.07) is 0.251. The van der Waals surface area contributed by atoms with Crippen molar-refractivity contribution in [2.75, 3.05) is 51.3 Å². The molecule has 0 spiro atoms. The Morgan fingerprint density at radius 1 is 1.48 bits per heavy atom. The number of aliphatic hydroxyl groups is 1. The molecule has 7 heteroatoms. The number of amides is 1. The van der Waals surface area contributed by atoms with E-state index < -0.39 is 0 Å². The SMILES string of the molecule is CCC(CO)N1CCN(CC(=O)N(C)c2nccs2)CC1. The molecule has 0 bridgehead atoms. The van der Waals surface area contributed by atoms with Gasteiger partial charge in [-0.25, -0.2) is 4.98 Å². The van der Waals surface area contributed by atoms with Gasteiger partial charge in [-0.2, -0.15) is 0 Å². The predicted molar refractivity (Wildman–Crippen MR) is 84.7 cm³/mol. The topological polar surface area (TPSA) is 59.9 Å². The number of nitrogens with zero attached hydrogens (tertiary/aromatic N) is 4. The highest BCUT2D eigenvalue weighted by Gasteiger charge is 2.24. The zero-order chi connectivity index (χ0) is 15.2. The van der Waals surface area contributed by atoms with Crippen molar-refractivity contribution in [1.29, 1.82) is 0 Å². The van der Waals surface area contributed by atoms with E-state index in [0.717, 1.165) is 37.7 Å². The third-order valence-electron chi connectivity index (χ3n) is 4.04. The van der Waals surface area contributed by atoms with Crippen molar-refractivity contribution < 1.29 is 9.90 Å². The van der Waals surface area contributed by atoms with Crippen molar-refractivity contribution in [3.8, 4) is 0 Å². The maximum absolute atomic E-state index is 12.2. The molecule has 0 radical (unpaired) electrons. The molecule has 0 saturated carbocycles. The van der Waals surface area contributed by atoms with Crippen LogP contribution >= 0.6 is 11.3 Å². The van der Waals surface area contributed by atoms with E-state index in [-0.39, 0.29) is 18.6 Å². The maximum Gasteiger partial charge on any atom is 0.242 e. The van der Waals surface area contributed by atoms with Crippen LogP contribution in [0.15, 0.2) is 11.6 Å². The second-order valence-corrected chi connectivity index (χ2v) is 6.20. The molecule has 118 valence electrons. The number of piperazine rings is 1. The number of aromatic nitrogens is 1. The summed E-state index contributed by atoms with van der Waals surface area (Å²) in [4.78, 5) is 22.5. The zero-order valence-corrected chi connectivity index (χ0v) is 13.6. The van der Waals surface area contributed by atoms with Crippen molar-refractivity contribution in [3.05, 3.63) is 11.6 Å². The molecule has 1 N–H and O–H groups in total. The third kappa shape index (κ3) is 4.23. The average molecular weight is 312 g/mol. The summed E-state index contributed by atoms with van der Waals surface area (Å²) >= 11 is 1.47. The monoisotopic (exact) mass is 312 g/mol. The Kier molecular flexibility index (Phi) is 6.10. The van der Waals surface area contributed by atoms with Gasteiger partial charge in [0.2, 0.25) is 5.91 Å². The summed E-state index contributed by atoms with van der Waals surface area (Å²) in [5.74, 6) is 0.0765. The second kappa shape index (κ2) is 7.84. The smallest absolute Gasteiger partial charge is 0.242 e. The number of thiazole rings is 1. The lowest BCUT2D eigenvalue weighted by Crippen LogP contribution is -2.53. The summed E-state index contributed by atoms with van der Waals surface area (Å²) in [6.07, 6.45) is 2.67. The van der Waals surface area contributed by atoms with E-state index in [2.05, 4.69) is 21.7 Å². The molecule has 1 atom stereocenters. The van der Waals surface area contributed by atoms with E-state index in [1.54, 1.807) is 18.1 Å². The van der Waals surface area contributed by atoms with Crippen LogP contribution in [0.3, 0.4) is 0 Å². The molecule has 1 aromatic heterocycles. The van der Waals surface area contributed by atoms with Gasteiger partial charge in [0.25, 0.3) is 0 Å². The molecule has 1 fully saturated rings. The van der Waals surface area contributed by atoms with Crippen molar-refractivity contribution in [1.82, 2.24) is 14.8 Å². The van der Waals surface area contributed by atoms with Crippen LogP contribution in [-0.4, -0.2) is 78.2 Å². The second-order valence-electron chi connectivity index (χ2n) is 5.32. The van der Waals surface area contributed by atoms with Gasteiger partial charge in [-0.3, -0.25) is 19.5 Å². The summed E-state index contributed by atoms with van der Waals surface area (Å²) in [6.45, 7) is 6.30. The number of anilines is 1. The van der Waals surface area contributed by atoms with Crippen molar-refractivity contribution >= 4 is 22.4 Å². The van der Waals surface area contributed by atoms with E-state index in [1.807, 2.05) is 5.38 Å². The fraction of sp³-hybridized carbons (Fsp3) is 0.714. The summed E-state index contributed by atoms with van der Waals surface area (Å²) < 4.78 is 0. The molecule has 1 aliphatic heterocycles. The number of aliphatic hydroxyl groups excluding tert-OH is 1. The third-order valence-corrected chi connectivity index (χ3v) is 4.89. The molecule has 21 heavy (non-hydrogen) atoms. The highest BCUT2D eigenvalue weighted by Crippen LogP contribution is 2.16. The van der Waals surface area contributed by atoms with E-state index in [9.17, 15) is 9.90 Å². The lowest BCUT2D eigenvalue weighted by Gasteiger charge is -2.38. The van der Waals surface area contributed by atoms with Gasteiger partial charge in [-0.15, -0.1) is 11.3 Å². The van der Waals surface area contributed by atoms with Gasteiger partial charge in [0.05, 0.1) is 13.2 Å². The lowest BCUT2D eigenvalue weighted by atomic mass is 10.1. The minimum Gasteiger partial charge on any atom is -0.395 e. The molecule has 0 aromatic carbocycles. The minimum absolute atomic E-state index is 0.0765. The molecule has 1 aliphatic rings. The van der Waals surface area contributed by atoms with Gasteiger partial charge in [-0.1, -0.05) is 6.92 Å². The maximum atomic E-state index is 12.2. The molecule has 1 amide bonds. The minimum atomic E-state index is 0.0765. The van der Waals surface area contributed by atoms with E-state index >= 15 is 0 Å². The predicted octanol–water partition coefficient (Wildman–Crippen LogP) is 0.494. The number of rotatable bonds is 6. The normalized spacial score (nSPS) is 18.6. The molecular formula is C14H24N4O2S. The number of carbonyl (C=O) groups is 1. The zero-order valence-electron chi connectivity index (χ0n) is 12.7. The van der Waals surface area contributed by atoms with Crippen LogP contribution in [0, 0.1) is 0 Å². The Balaban J connectivity index is 1.79. The van der Waals surface area contributed by atoms with E-state index in [1.165, 1.54) is 11.3 Å². The number of hydrogen-bond acceptors (Lipinski definition) is 6. The van der Waals surface area contributed by atoms with Crippen LogP contribution in [0.1, 0.15) is 13.3 Å². The van der Waals surface area contributed by atoms with Crippen LogP contribution in [0.2, 0.25) is 0 Å². The molecule has 1 saturated heterocycles. The van der Waals surface area contributed by atoms with Crippen molar-refractivity contribution in [2.45, 2.75) is 19.4 Å². The first-order valence-corrected chi connectivity index (χ1v) is 8.27. The summed E-state index contributed by atoms with van der Waals surface area (Å²) in [7, 11) is 1.77. The van der Waals surface area contributed by atoms with Crippen LogP contribution in [0.5, 0.6) is 0 Å². The average Bonchev–Trinajstić information content (AvgIpc) is 3.03. The quantitative estimate of drug-likeness (QED) is 0.829. The summed E-state index contributed by atoms with van der Waals surface area (Å²) in [5, 5.41) is 12.0. The Hall–Kier alpha value is -1.02. The Morgan fingerprint density at radius 3 is 2.71 bits per heavy atom. The fourth-order valence-electron chi connectivity index (χ4n) is 2.57. The standard InChI is InChI=1S/C14H24N4O2S/c1-3-12(11-19)18-7-5-17(6-8-18)10-13(20)16(2)14-15-4-9-21-14/h4,9,12,19H,3,5-8,10-11H2,1-2H3. The van der Waals surface area contributed by atoms with Gasteiger partial charge in [0.15, 0.2) is 5.13 Å². The van der Waals surface area contributed by atoms with Crippen LogP contribution < -0.4 is 4.90 Å². The van der Waals surface area contributed by atoms with Crippen LogP contribution in [0.4, 0.5) is 5.13 Å². The molecular weight excluding hydrogens is 288 g/mol. The molecule has 2 rings (SSSR count). The largest absolute Gasteiger partial charge is 0.395 e. The molecule has 1 unspecified atom stereocenters. The molecule has 0 aliphatic carbocycles. The van der Waals surface area contributed by atoms with Gasteiger partial charge in [-0.05, 0) is 6.42 Å². The van der Waals surface area contributed by atoms with Crippen LogP contribution in [-0.2, 0) is 4.79 Å². The Labute approximate surface area is 130 Å². The van der Waals surface area contributed by atoms with Gasteiger partial charge < -0.3 is 5.11 Å².